The van der Waals surface area contributed by atoms with E-state index in [1.165, 1.54) is 18.2 Å². The molecule has 1 aromatic carbocycles. The maximum atomic E-state index is 12.1. The summed E-state index contributed by atoms with van der Waals surface area (Å²) in [5.41, 5.74) is 0.547. The third kappa shape index (κ3) is 3.16. The number of phenols is 1. The number of furan rings is 1. The SMILES string of the molecule is CCOC(=O)Cc1oc2ccc(O)cc2c1C(=O)OCC. The summed E-state index contributed by atoms with van der Waals surface area (Å²) in [7, 11) is 0. The van der Waals surface area contributed by atoms with Crippen molar-refractivity contribution in [2.75, 3.05) is 13.2 Å². The molecule has 21 heavy (non-hydrogen) atoms. The van der Waals surface area contributed by atoms with Gasteiger partial charge in [0.25, 0.3) is 0 Å². The van der Waals surface area contributed by atoms with Crippen molar-refractivity contribution in [1.82, 2.24) is 0 Å². The van der Waals surface area contributed by atoms with E-state index in [4.69, 9.17) is 13.9 Å². The molecule has 0 aliphatic heterocycles. The number of fused-ring (bicyclic) bond motifs is 1. The van der Waals surface area contributed by atoms with Gasteiger partial charge in [0.15, 0.2) is 0 Å². The van der Waals surface area contributed by atoms with Gasteiger partial charge < -0.3 is 19.0 Å². The van der Waals surface area contributed by atoms with Crippen LogP contribution in [0.15, 0.2) is 22.6 Å². The van der Waals surface area contributed by atoms with Crippen LogP contribution in [0.25, 0.3) is 11.0 Å². The van der Waals surface area contributed by atoms with Crippen LogP contribution in [0.1, 0.15) is 30.0 Å². The van der Waals surface area contributed by atoms with E-state index in [0.717, 1.165) is 0 Å². The van der Waals surface area contributed by atoms with E-state index < -0.39 is 11.9 Å². The van der Waals surface area contributed by atoms with Crippen molar-refractivity contribution in [3.63, 3.8) is 0 Å². The molecule has 0 saturated heterocycles. The van der Waals surface area contributed by atoms with Gasteiger partial charge in [0.1, 0.15) is 29.1 Å². The number of esters is 2. The minimum Gasteiger partial charge on any atom is -0.508 e. The van der Waals surface area contributed by atoms with Crippen LogP contribution in [0, 0.1) is 0 Å². The van der Waals surface area contributed by atoms with E-state index in [9.17, 15) is 14.7 Å². The van der Waals surface area contributed by atoms with Crippen molar-refractivity contribution < 1.29 is 28.6 Å². The summed E-state index contributed by atoms with van der Waals surface area (Å²) in [5, 5.41) is 9.97. The number of carbonyl (C=O) groups excluding carboxylic acids is 2. The fraction of sp³-hybridized carbons (Fsp3) is 0.333. The second-order valence-electron chi connectivity index (χ2n) is 4.28. The summed E-state index contributed by atoms with van der Waals surface area (Å²) in [4.78, 5) is 23.7. The Hall–Kier alpha value is -2.50. The van der Waals surface area contributed by atoms with Crippen LogP contribution in [0.4, 0.5) is 0 Å². The molecule has 6 nitrogen and oxygen atoms in total. The van der Waals surface area contributed by atoms with Crippen LogP contribution in [0.2, 0.25) is 0 Å². The standard InChI is InChI=1S/C15H16O6/c1-3-19-13(17)8-12-14(15(18)20-4-2)10-7-9(16)5-6-11(10)21-12/h5-7,16H,3-4,8H2,1-2H3. The van der Waals surface area contributed by atoms with Crippen molar-refractivity contribution in [2.24, 2.45) is 0 Å². The first-order valence-electron chi connectivity index (χ1n) is 6.64. The Morgan fingerprint density at radius 1 is 1.19 bits per heavy atom. The highest BCUT2D eigenvalue weighted by Gasteiger charge is 2.24. The molecule has 112 valence electrons. The van der Waals surface area contributed by atoms with Gasteiger partial charge in [0, 0.05) is 5.39 Å². The van der Waals surface area contributed by atoms with Crippen molar-refractivity contribution in [3.8, 4) is 5.75 Å². The van der Waals surface area contributed by atoms with E-state index >= 15 is 0 Å². The lowest BCUT2D eigenvalue weighted by molar-refractivity contribution is -0.142. The number of carbonyl (C=O) groups is 2. The minimum absolute atomic E-state index is 0.00321. The number of phenolic OH excluding ortho intramolecular Hbond substituents is 1. The first-order valence-corrected chi connectivity index (χ1v) is 6.64. The lowest BCUT2D eigenvalue weighted by atomic mass is 10.1. The normalized spacial score (nSPS) is 10.6. The van der Waals surface area contributed by atoms with E-state index in [1.807, 2.05) is 0 Å². The van der Waals surface area contributed by atoms with Crippen molar-refractivity contribution in [1.29, 1.82) is 0 Å². The highest BCUT2D eigenvalue weighted by atomic mass is 16.5. The van der Waals surface area contributed by atoms with Gasteiger partial charge in [-0.25, -0.2) is 4.79 Å². The predicted octanol–water partition coefficient (Wildman–Crippen LogP) is 2.42. The molecule has 0 aliphatic rings. The maximum Gasteiger partial charge on any atom is 0.342 e. The average Bonchev–Trinajstić information content (AvgIpc) is 2.76. The van der Waals surface area contributed by atoms with Gasteiger partial charge in [-0.3, -0.25) is 4.79 Å². The first kappa shape index (κ1) is 14.9. The van der Waals surface area contributed by atoms with Gasteiger partial charge in [0.05, 0.1) is 13.2 Å². The minimum atomic E-state index is -0.596. The fourth-order valence-corrected chi connectivity index (χ4v) is 2.03. The van der Waals surface area contributed by atoms with Gasteiger partial charge in [-0.15, -0.1) is 0 Å². The molecule has 1 aromatic heterocycles. The first-order chi connectivity index (χ1) is 10.1. The molecule has 0 atom stereocenters. The molecular weight excluding hydrogens is 276 g/mol. The molecule has 1 heterocycles. The zero-order chi connectivity index (χ0) is 15.4. The zero-order valence-electron chi connectivity index (χ0n) is 11.8. The molecule has 6 heteroatoms. The summed E-state index contributed by atoms with van der Waals surface area (Å²) in [6.45, 7) is 3.82. The number of hydrogen-bond acceptors (Lipinski definition) is 6. The van der Waals surface area contributed by atoms with Gasteiger partial charge in [-0.05, 0) is 32.0 Å². The van der Waals surface area contributed by atoms with Crippen molar-refractivity contribution >= 4 is 22.9 Å². The number of hydrogen-bond donors (Lipinski definition) is 1. The van der Waals surface area contributed by atoms with Crippen LogP contribution < -0.4 is 0 Å². The molecule has 0 bridgehead atoms. The van der Waals surface area contributed by atoms with Crippen molar-refractivity contribution in [3.05, 3.63) is 29.5 Å². The molecule has 0 fully saturated rings. The molecule has 0 amide bonds. The number of ether oxygens (including phenoxy) is 2. The predicted molar refractivity (Wildman–Crippen MR) is 74.2 cm³/mol. The molecule has 0 aliphatic carbocycles. The molecule has 0 radical (unpaired) electrons. The van der Waals surface area contributed by atoms with Crippen molar-refractivity contribution in [2.45, 2.75) is 20.3 Å². The van der Waals surface area contributed by atoms with E-state index in [0.29, 0.717) is 11.0 Å². The summed E-state index contributed by atoms with van der Waals surface area (Å²) >= 11 is 0. The number of aromatic hydroxyl groups is 1. The second-order valence-corrected chi connectivity index (χ2v) is 4.28. The van der Waals surface area contributed by atoms with Gasteiger partial charge in [-0.2, -0.15) is 0 Å². The molecule has 0 spiro atoms. The van der Waals surface area contributed by atoms with E-state index in [2.05, 4.69) is 0 Å². The highest BCUT2D eigenvalue weighted by molar-refractivity contribution is 6.05. The van der Waals surface area contributed by atoms with Crippen LogP contribution in [0.3, 0.4) is 0 Å². The van der Waals surface area contributed by atoms with Crippen LogP contribution in [-0.2, 0) is 20.7 Å². The molecule has 2 rings (SSSR count). The number of rotatable bonds is 5. The largest absolute Gasteiger partial charge is 0.508 e. The summed E-state index contributed by atoms with van der Waals surface area (Å²) < 4.78 is 15.4. The Labute approximate surface area is 121 Å². The Balaban J connectivity index is 2.49. The molecule has 1 N–H and O–H groups in total. The fourth-order valence-electron chi connectivity index (χ4n) is 2.03. The average molecular weight is 292 g/mol. The topological polar surface area (TPSA) is 86.0 Å². The Bertz CT molecular complexity index is 670. The third-order valence-electron chi connectivity index (χ3n) is 2.83. The third-order valence-corrected chi connectivity index (χ3v) is 2.83. The maximum absolute atomic E-state index is 12.1. The lowest BCUT2D eigenvalue weighted by Crippen LogP contribution is -2.12. The Morgan fingerprint density at radius 2 is 1.90 bits per heavy atom. The van der Waals surface area contributed by atoms with E-state index in [1.54, 1.807) is 13.8 Å². The van der Waals surface area contributed by atoms with Crippen LogP contribution in [0.5, 0.6) is 5.75 Å². The second kappa shape index (κ2) is 6.30. The van der Waals surface area contributed by atoms with Gasteiger partial charge >= 0.3 is 11.9 Å². The molecule has 0 unspecified atom stereocenters. The number of benzene rings is 1. The summed E-state index contributed by atoms with van der Waals surface area (Å²) in [6, 6.07) is 4.37. The molecule has 0 saturated carbocycles. The Kier molecular flexibility index (Phi) is 4.47. The van der Waals surface area contributed by atoms with Gasteiger partial charge in [-0.1, -0.05) is 0 Å². The zero-order valence-corrected chi connectivity index (χ0v) is 11.8. The van der Waals surface area contributed by atoms with Gasteiger partial charge in [0.2, 0.25) is 0 Å². The summed E-state index contributed by atoms with van der Waals surface area (Å²) in [5.74, 6) is -0.920. The summed E-state index contributed by atoms with van der Waals surface area (Å²) in [6.07, 6.45) is -0.169. The molecule has 2 aromatic rings. The quantitative estimate of drug-likeness (QED) is 0.852. The Morgan fingerprint density at radius 3 is 2.57 bits per heavy atom. The van der Waals surface area contributed by atoms with E-state index in [-0.39, 0.29) is 36.7 Å². The highest BCUT2D eigenvalue weighted by Crippen LogP contribution is 2.30. The van der Waals surface area contributed by atoms with Crippen LogP contribution >= 0.6 is 0 Å². The lowest BCUT2D eigenvalue weighted by Gasteiger charge is -2.03. The molecular formula is C15H16O6. The monoisotopic (exact) mass is 292 g/mol. The van der Waals surface area contributed by atoms with Crippen LogP contribution in [-0.4, -0.2) is 30.3 Å². The smallest absolute Gasteiger partial charge is 0.342 e.